The molecule has 0 fully saturated rings. The summed E-state index contributed by atoms with van der Waals surface area (Å²) in [5, 5.41) is 7.63. The van der Waals surface area contributed by atoms with E-state index in [9.17, 15) is 0 Å². The largest absolute Gasteiger partial charge is 0.155 e. The molecule has 0 N–H and O–H groups in total. The zero-order chi connectivity index (χ0) is 7.72. The van der Waals surface area contributed by atoms with Gasteiger partial charge in [-0.2, -0.15) is 10.2 Å². The van der Waals surface area contributed by atoms with Crippen LogP contribution in [0.25, 0.3) is 0 Å². The summed E-state index contributed by atoms with van der Waals surface area (Å²) in [4.78, 5) is 0. The number of aromatic nitrogens is 2. The van der Waals surface area contributed by atoms with Crippen molar-refractivity contribution in [3.8, 4) is 0 Å². The molecule has 1 heterocycles. The molecule has 1 aromatic rings. The smallest absolute Gasteiger partial charge is 0.0707 e. The van der Waals surface area contributed by atoms with Gasteiger partial charge in [0.1, 0.15) is 0 Å². The Morgan fingerprint density at radius 3 is 2.10 bits per heavy atom. The fraction of sp³-hybridized carbons (Fsp3) is 0.375. The summed E-state index contributed by atoms with van der Waals surface area (Å²) in [5.74, 6) is 0. The summed E-state index contributed by atoms with van der Waals surface area (Å²) in [6.07, 6.45) is 0. The molecule has 0 saturated heterocycles. The first-order chi connectivity index (χ1) is 4.63. The first kappa shape index (κ1) is 7.19. The third kappa shape index (κ3) is 1.01. The van der Waals surface area contributed by atoms with E-state index in [1.165, 1.54) is 0 Å². The average Bonchev–Trinajstić information content (AvgIpc) is 1.93. The van der Waals surface area contributed by atoms with Crippen molar-refractivity contribution in [2.24, 2.45) is 0 Å². The highest BCUT2D eigenvalue weighted by atomic mass is 15.1. The number of nitrogens with zero attached hydrogens (tertiary/aromatic N) is 2. The summed E-state index contributed by atoms with van der Waals surface area (Å²) in [5.41, 5.74) is 3.65. The maximum absolute atomic E-state index is 5.52. The second kappa shape index (κ2) is 2.37. The van der Waals surface area contributed by atoms with Crippen molar-refractivity contribution in [2.45, 2.75) is 20.8 Å². The molecule has 2 heteroatoms. The van der Waals surface area contributed by atoms with Crippen molar-refractivity contribution in [1.82, 2.24) is 10.2 Å². The zero-order valence-electron chi connectivity index (χ0n) is 6.47. The molecule has 1 rings (SSSR count). The van der Waals surface area contributed by atoms with Crippen molar-refractivity contribution in [1.29, 1.82) is 0 Å². The fourth-order valence-corrected chi connectivity index (χ4v) is 0.742. The normalized spacial score (nSPS) is 10.0. The van der Waals surface area contributed by atoms with Crippen LogP contribution in [0.2, 0.25) is 0 Å². The molecular weight excluding hydrogens is 124 g/mol. The highest BCUT2D eigenvalue weighted by Crippen LogP contribution is 2.10. The van der Waals surface area contributed by atoms with Crippen LogP contribution in [0.15, 0.2) is 0 Å². The molecule has 10 heavy (non-hydrogen) atoms. The molecule has 0 spiro atoms. The molecule has 0 unspecified atom stereocenters. The minimum atomic E-state index is 0.531. The molecule has 2 nitrogen and oxygen atoms in total. The molecule has 0 atom stereocenters. The lowest BCUT2D eigenvalue weighted by atomic mass is 10.1. The van der Waals surface area contributed by atoms with Crippen LogP contribution < -0.4 is 0 Å². The maximum atomic E-state index is 5.52. The average molecular weight is 134 g/mol. The highest BCUT2D eigenvalue weighted by Gasteiger charge is 2.00. The predicted molar refractivity (Wildman–Crippen MR) is 39.6 cm³/mol. The van der Waals surface area contributed by atoms with E-state index in [0.717, 1.165) is 16.8 Å². The second-order valence-electron chi connectivity index (χ2n) is 2.42. The van der Waals surface area contributed by atoms with Gasteiger partial charge in [-0.15, -0.1) is 0 Å². The van der Waals surface area contributed by atoms with E-state index in [0.29, 0.717) is 5.69 Å². The van der Waals surface area contributed by atoms with Crippen molar-refractivity contribution in [3.05, 3.63) is 29.4 Å². The molecule has 2 radical (unpaired) electrons. The summed E-state index contributed by atoms with van der Waals surface area (Å²) < 4.78 is 0. The molecule has 0 aliphatic rings. The molecule has 0 bridgehead atoms. The van der Waals surface area contributed by atoms with Gasteiger partial charge in [0.15, 0.2) is 0 Å². The minimum Gasteiger partial charge on any atom is -0.155 e. The van der Waals surface area contributed by atoms with E-state index >= 15 is 0 Å². The molecule has 52 valence electrons. The number of hydrogen-bond acceptors (Lipinski definition) is 2. The van der Waals surface area contributed by atoms with Gasteiger partial charge in [-0.05, 0) is 31.9 Å². The van der Waals surface area contributed by atoms with E-state index in [-0.39, 0.29) is 0 Å². The van der Waals surface area contributed by atoms with Crippen LogP contribution in [0.1, 0.15) is 22.5 Å². The van der Waals surface area contributed by atoms with Gasteiger partial charge >= 0.3 is 0 Å². The Balaban J connectivity index is 3.34. The Bertz CT molecular complexity index is 227. The monoisotopic (exact) mass is 134 g/mol. The van der Waals surface area contributed by atoms with Crippen molar-refractivity contribution in [2.75, 3.05) is 0 Å². The number of aryl methyl sites for hydroxylation is 1. The van der Waals surface area contributed by atoms with Crippen LogP contribution in [0.4, 0.5) is 0 Å². The van der Waals surface area contributed by atoms with Crippen LogP contribution in [0.3, 0.4) is 0 Å². The van der Waals surface area contributed by atoms with Gasteiger partial charge in [0.2, 0.25) is 0 Å². The lowest BCUT2D eigenvalue weighted by Gasteiger charge is -2.03. The molecule has 0 aromatic carbocycles. The lowest BCUT2D eigenvalue weighted by Crippen LogP contribution is -1.97. The van der Waals surface area contributed by atoms with Crippen LogP contribution >= 0.6 is 0 Å². The van der Waals surface area contributed by atoms with Crippen LogP contribution in [0, 0.1) is 27.7 Å². The zero-order valence-corrected chi connectivity index (χ0v) is 6.47. The standard InChI is InChI=1S/C8H10N2/c1-5-6(2)8(4)10-9-7(5)3/h3H,1-2,4H3. The number of rotatable bonds is 0. The third-order valence-electron chi connectivity index (χ3n) is 1.80. The molecule has 1 aromatic heterocycles. The Labute approximate surface area is 61.3 Å². The summed E-state index contributed by atoms with van der Waals surface area (Å²) in [6, 6.07) is 0. The van der Waals surface area contributed by atoms with E-state index in [1.807, 2.05) is 20.8 Å². The Hall–Kier alpha value is -0.920. The van der Waals surface area contributed by atoms with Crippen LogP contribution in [0.5, 0.6) is 0 Å². The van der Waals surface area contributed by atoms with Gasteiger partial charge in [-0.25, -0.2) is 0 Å². The van der Waals surface area contributed by atoms with E-state index in [1.54, 1.807) is 0 Å². The number of hydrogen-bond donors (Lipinski definition) is 0. The Morgan fingerprint density at radius 2 is 1.60 bits per heavy atom. The summed E-state index contributed by atoms with van der Waals surface area (Å²) in [6.45, 7) is 11.4. The van der Waals surface area contributed by atoms with E-state index < -0.39 is 0 Å². The topological polar surface area (TPSA) is 25.8 Å². The fourth-order valence-electron chi connectivity index (χ4n) is 0.742. The van der Waals surface area contributed by atoms with E-state index in [2.05, 4.69) is 10.2 Å². The maximum Gasteiger partial charge on any atom is 0.0707 e. The van der Waals surface area contributed by atoms with Gasteiger partial charge in [-0.3, -0.25) is 0 Å². The molecule has 0 saturated carbocycles. The molecular formula is C8H10N2. The summed E-state index contributed by atoms with van der Waals surface area (Å²) in [7, 11) is 0. The Morgan fingerprint density at radius 1 is 1.00 bits per heavy atom. The SMILES string of the molecule is [CH]c1nnc(C)c(C)c1C. The Kier molecular flexibility index (Phi) is 1.70. The minimum absolute atomic E-state index is 0.531. The first-order valence-electron chi connectivity index (χ1n) is 3.19. The first-order valence-corrected chi connectivity index (χ1v) is 3.19. The third-order valence-corrected chi connectivity index (χ3v) is 1.80. The van der Waals surface area contributed by atoms with Crippen molar-refractivity contribution in [3.63, 3.8) is 0 Å². The van der Waals surface area contributed by atoms with Gasteiger partial charge in [0.25, 0.3) is 0 Å². The van der Waals surface area contributed by atoms with Gasteiger partial charge in [0.05, 0.1) is 11.4 Å². The molecule has 0 aliphatic carbocycles. The predicted octanol–water partition coefficient (Wildman–Crippen LogP) is 1.46. The van der Waals surface area contributed by atoms with Crippen molar-refractivity contribution >= 4 is 0 Å². The molecule has 0 amide bonds. The van der Waals surface area contributed by atoms with Crippen molar-refractivity contribution < 1.29 is 0 Å². The lowest BCUT2D eigenvalue weighted by molar-refractivity contribution is 0.924. The highest BCUT2D eigenvalue weighted by molar-refractivity contribution is 5.30. The second-order valence-corrected chi connectivity index (χ2v) is 2.42. The van der Waals surface area contributed by atoms with E-state index in [4.69, 9.17) is 6.92 Å². The van der Waals surface area contributed by atoms with Gasteiger partial charge < -0.3 is 0 Å². The van der Waals surface area contributed by atoms with Gasteiger partial charge in [0, 0.05) is 6.92 Å². The quantitative estimate of drug-likeness (QED) is 0.537. The van der Waals surface area contributed by atoms with Crippen LogP contribution in [-0.2, 0) is 0 Å². The van der Waals surface area contributed by atoms with Gasteiger partial charge in [-0.1, -0.05) is 0 Å². The summed E-state index contributed by atoms with van der Waals surface area (Å²) >= 11 is 0. The molecule has 0 aliphatic heterocycles. The van der Waals surface area contributed by atoms with Crippen LogP contribution in [-0.4, -0.2) is 10.2 Å².